The number of amides is 3. The van der Waals surface area contributed by atoms with Crippen LogP contribution >= 0.6 is 22.9 Å². The Morgan fingerprint density at radius 3 is 2.65 bits per heavy atom. The molecule has 1 aromatic heterocycles. The highest BCUT2D eigenvalue weighted by molar-refractivity contribution is 7.17. The van der Waals surface area contributed by atoms with E-state index >= 15 is 0 Å². The highest BCUT2D eigenvalue weighted by atomic mass is 35.5. The number of hydrogen-bond donors (Lipinski definition) is 3. The van der Waals surface area contributed by atoms with E-state index in [9.17, 15) is 9.59 Å². The molecule has 0 fully saturated rings. The predicted molar refractivity (Wildman–Crippen MR) is 106 cm³/mol. The van der Waals surface area contributed by atoms with Gasteiger partial charge in [-0.05, 0) is 55.8 Å². The van der Waals surface area contributed by atoms with Gasteiger partial charge in [-0.1, -0.05) is 18.5 Å². The van der Waals surface area contributed by atoms with Crippen molar-refractivity contribution in [2.45, 2.75) is 26.3 Å². The third-order valence-corrected chi connectivity index (χ3v) is 5.77. The molecule has 3 amide bonds. The van der Waals surface area contributed by atoms with Gasteiger partial charge in [0.2, 0.25) is 0 Å². The molecule has 138 valence electrons. The van der Waals surface area contributed by atoms with E-state index in [1.54, 1.807) is 24.3 Å². The number of carbonyl (C=O) groups excluding carboxylic acids is 2. The number of nitrogens with zero attached hydrogens (tertiary/aromatic N) is 1. The molecule has 0 saturated carbocycles. The molecular weight excluding hydrogens is 372 g/mol. The standard InChI is InChI=1S/C18H21ClN4O2S/c1-2-23-9-3-4-13-14(10-23)26-17(15(13)16(20)24)22-18(25)21-12-7-5-11(19)6-8-12/h5-8H,2-4,9-10H2,1H3,(H2,20,24)(H2,21,22,25). The normalized spacial score (nSPS) is 14.4. The smallest absolute Gasteiger partial charge is 0.324 e. The van der Waals surface area contributed by atoms with Crippen LogP contribution in [0, 0.1) is 0 Å². The summed E-state index contributed by atoms with van der Waals surface area (Å²) in [7, 11) is 0. The Hall–Kier alpha value is -2.09. The summed E-state index contributed by atoms with van der Waals surface area (Å²) >= 11 is 7.28. The fourth-order valence-corrected chi connectivity index (χ4v) is 4.50. The number of rotatable bonds is 4. The molecule has 0 spiro atoms. The molecule has 26 heavy (non-hydrogen) atoms. The summed E-state index contributed by atoms with van der Waals surface area (Å²) in [5.41, 5.74) is 7.64. The van der Waals surface area contributed by atoms with E-state index in [2.05, 4.69) is 22.5 Å². The van der Waals surface area contributed by atoms with Crippen LogP contribution in [0.1, 0.15) is 34.1 Å². The van der Waals surface area contributed by atoms with Gasteiger partial charge in [0.05, 0.1) is 5.56 Å². The van der Waals surface area contributed by atoms with Crippen molar-refractivity contribution < 1.29 is 9.59 Å². The lowest BCUT2D eigenvalue weighted by molar-refractivity contribution is 0.100. The van der Waals surface area contributed by atoms with Crippen molar-refractivity contribution in [3.8, 4) is 0 Å². The first-order valence-electron chi connectivity index (χ1n) is 8.48. The second kappa shape index (κ2) is 8.07. The Morgan fingerprint density at radius 2 is 2.00 bits per heavy atom. The minimum Gasteiger partial charge on any atom is -0.365 e. The third kappa shape index (κ3) is 4.17. The number of hydrogen-bond acceptors (Lipinski definition) is 4. The number of fused-ring (bicyclic) bond motifs is 1. The van der Waals surface area contributed by atoms with Crippen LogP contribution in [0.25, 0.3) is 0 Å². The van der Waals surface area contributed by atoms with Gasteiger partial charge < -0.3 is 11.1 Å². The fraction of sp³-hybridized carbons (Fsp3) is 0.333. The number of urea groups is 1. The van der Waals surface area contributed by atoms with Crippen molar-refractivity contribution in [2.24, 2.45) is 5.73 Å². The van der Waals surface area contributed by atoms with Crippen LogP contribution in [0.2, 0.25) is 5.02 Å². The molecule has 0 unspecified atom stereocenters. The molecule has 1 aromatic carbocycles. The van der Waals surface area contributed by atoms with Gasteiger partial charge in [-0.15, -0.1) is 11.3 Å². The van der Waals surface area contributed by atoms with E-state index in [1.165, 1.54) is 11.3 Å². The monoisotopic (exact) mass is 392 g/mol. The van der Waals surface area contributed by atoms with Gasteiger partial charge in [-0.25, -0.2) is 4.79 Å². The van der Waals surface area contributed by atoms with E-state index in [1.807, 2.05) is 0 Å². The summed E-state index contributed by atoms with van der Waals surface area (Å²) in [5.74, 6) is -0.505. The summed E-state index contributed by atoms with van der Waals surface area (Å²) < 4.78 is 0. The van der Waals surface area contributed by atoms with Crippen molar-refractivity contribution in [1.29, 1.82) is 0 Å². The summed E-state index contributed by atoms with van der Waals surface area (Å²) in [5, 5.41) is 6.61. The Balaban J connectivity index is 1.82. The Morgan fingerprint density at radius 1 is 1.27 bits per heavy atom. The maximum atomic E-state index is 12.3. The molecule has 4 N–H and O–H groups in total. The first-order valence-corrected chi connectivity index (χ1v) is 9.67. The predicted octanol–water partition coefficient (Wildman–Crippen LogP) is 3.91. The Kier molecular flexibility index (Phi) is 5.80. The fourth-order valence-electron chi connectivity index (χ4n) is 3.08. The van der Waals surface area contributed by atoms with Gasteiger partial charge in [0.1, 0.15) is 5.00 Å². The van der Waals surface area contributed by atoms with Gasteiger partial charge >= 0.3 is 6.03 Å². The molecule has 8 heteroatoms. The summed E-state index contributed by atoms with van der Waals surface area (Å²) in [6, 6.07) is 6.38. The second-order valence-corrected chi connectivity index (χ2v) is 7.67. The number of nitrogens with one attached hydrogen (secondary N) is 2. The minimum atomic E-state index is -0.505. The first kappa shape index (κ1) is 18.7. The van der Waals surface area contributed by atoms with Crippen molar-refractivity contribution >= 4 is 45.6 Å². The number of nitrogens with two attached hydrogens (primary N) is 1. The third-order valence-electron chi connectivity index (χ3n) is 4.38. The maximum Gasteiger partial charge on any atom is 0.324 e. The van der Waals surface area contributed by atoms with Crippen molar-refractivity contribution in [3.63, 3.8) is 0 Å². The van der Waals surface area contributed by atoms with Crippen LogP contribution in [0.3, 0.4) is 0 Å². The summed E-state index contributed by atoms with van der Waals surface area (Å²) in [6.07, 6.45) is 1.76. The average molecular weight is 393 g/mol. The Labute approximate surface area is 161 Å². The Bertz CT molecular complexity index is 819. The van der Waals surface area contributed by atoms with E-state index in [0.29, 0.717) is 21.3 Å². The molecule has 1 aliphatic rings. The molecule has 0 radical (unpaired) electrons. The van der Waals surface area contributed by atoms with Gasteiger partial charge in [-0.3, -0.25) is 15.0 Å². The van der Waals surface area contributed by atoms with Crippen LogP contribution in [0.15, 0.2) is 24.3 Å². The average Bonchev–Trinajstić information content (AvgIpc) is 2.80. The number of primary amides is 1. The highest BCUT2D eigenvalue weighted by Crippen LogP contribution is 2.36. The largest absolute Gasteiger partial charge is 0.365 e. The van der Waals surface area contributed by atoms with Gasteiger partial charge in [-0.2, -0.15) is 0 Å². The van der Waals surface area contributed by atoms with Crippen LogP contribution in [0.4, 0.5) is 15.5 Å². The number of thiophene rings is 1. The van der Waals surface area contributed by atoms with Crippen molar-refractivity contribution in [3.05, 3.63) is 45.3 Å². The zero-order valence-electron chi connectivity index (χ0n) is 14.5. The van der Waals surface area contributed by atoms with Crippen LogP contribution in [-0.4, -0.2) is 29.9 Å². The van der Waals surface area contributed by atoms with Crippen molar-refractivity contribution in [2.75, 3.05) is 23.7 Å². The summed E-state index contributed by atoms with van der Waals surface area (Å²) in [4.78, 5) is 27.8. The lowest BCUT2D eigenvalue weighted by Gasteiger charge is -2.16. The van der Waals surface area contributed by atoms with E-state index < -0.39 is 11.9 Å². The second-order valence-electron chi connectivity index (χ2n) is 6.13. The molecular formula is C18H21ClN4O2S. The van der Waals surface area contributed by atoms with Crippen LogP contribution in [-0.2, 0) is 13.0 Å². The molecule has 2 heterocycles. The zero-order valence-corrected chi connectivity index (χ0v) is 16.0. The quantitative estimate of drug-likeness (QED) is 0.737. The minimum absolute atomic E-state index is 0.418. The number of anilines is 2. The SMILES string of the molecule is CCN1CCCc2c(sc(NC(=O)Nc3ccc(Cl)cc3)c2C(N)=O)C1. The highest BCUT2D eigenvalue weighted by Gasteiger charge is 2.26. The molecule has 3 rings (SSSR count). The number of benzene rings is 1. The summed E-state index contributed by atoms with van der Waals surface area (Å²) in [6.45, 7) is 4.84. The van der Waals surface area contributed by atoms with Gasteiger partial charge in [0.15, 0.2) is 0 Å². The zero-order chi connectivity index (χ0) is 18.7. The van der Waals surface area contributed by atoms with E-state index in [4.69, 9.17) is 17.3 Å². The van der Waals surface area contributed by atoms with Gasteiger partial charge in [0, 0.05) is 22.1 Å². The first-order chi connectivity index (χ1) is 12.5. The lowest BCUT2D eigenvalue weighted by atomic mass is 10.1. The van der Waals surface area contributed by atoms with E-state index in [-0.39, 0.29) is 0 Å². The molecule has 0 bridgehead atoms. The van der Waals surface area contributed by atoms with E-state index in [0.717, 1.165) is 42.9 Å². The number of carbonyl (C=O) groups is 2. The number of halogens is 1. The molecule has 1 aliphatic heterocycles. The van der Waals surface area contributed by atoms with Crippen LogP contribution in [0.5, 0.6) is 0 Å². The molecule has 0 saturated heterocycles. The molecule has 6 nitrogen and oxygen atoms in total. The van der Waals surface area contributed by atoms with Crippen molar-refractivity contribution in [1.82, 2.24) is 4.90 Å². The molecule has 0 atom stereocenters. The molecule has 2 aromatic rings. The maximum absolute atomic E-state index is 12.3. The van der Waals surface area contributed by atoms with Crippen LogP contribution < -0.4 is 16.4 Å². The van der Waals surface area contributed by atoms with Gasteiger partial charge in [0.25, 0.3) is 5.91 Å². The lowest BCUT2D eigenvalue weighted by Crippen LogP contribution is -2.22. The molecule has 0 aliphatic carbocycles. The topological polar surface area (TPSA) is 87.5 Å².